The molecular formula is C20H26N2O4. The fourth-order valence-corrected chi connectivity index (χ4v) is 2.57. The Morgan fingerprint density at radius 1 is 1.23 bits per heavy atom. The summed E-state index contributed by atoms with van der Waals surface area (Å²) in [5, 5.41) is 2.87. The van der Waals surface area contributed by atoms with Crippen molar-refractivity contribution < 1.29 is 18.7 Å². The van der Waals surface area contributed by atoms with E-state index in [9.17, 15) is 9.59 Å². The first-order valence-electron chi connectivity index (χ1n) is 8.50. The van der Waals surface area contributed by atoms with Gasteiger partial charge in [-0.05, 0) is 22.6 Å². The van der Waals surface area contributed by atoms with E-state index < -0.39 is 12.0 Å². The van der Waals surface area contributed by atoms with Crippen LogP contribution in [0.3, 0.4) is 0 Å². The first kappa shape index (κ1) is 19.7. The summed E-state index contributed by atoms with van der Waals surface area (Å²) in [6.45, 7) is 6.60. The van der Waals surface area contributed by atoms with Gasteiger partial charge in [-0.2, -0.15) is 0 Å². The zero-order valence-electron chi connectivity index (χ0n) is 15.7. The number of esters is 1. The molecule has 1 heterocycles. The number of hydrogen-bond acceptors (Lipinski definition) is 5. The van der Waals surface area contributed by atoms with Gasteiger partial charge in [-0.15, -0.1) is 0 Å². The number of nitrogens with one attached hydrogen (secondary N) is 1. The number of carbonyl (C=O) groups is 2. The third-order valence-electron chi connectivity index (χ3n) is 4.20. The maximum Gasteiger partial charge on any atom is 0.307 e. The Labute approximate surface area is 153 Å². The fraction of sp³-hybridized carbons (Fsp3) is 0.400. The van der Waals surface area contributed by atoms with Crippen LogP contribution in [0, 0.1) is 0 Å². The molecule has 2 aromatic rings. The van der Waals surface area contributed by atoms with E-state index in [1.807, 2.05) is 24.3 Å². The Hall–Kier alpha value is -2.60. The molecular weight excluding hydrogens is 332 g/mol. The van der Waals surface area contributed by atoms with E-state index in [1.54, 1.807) is 6.07 Å². The minimum atomic E-state index is -0.500. The molecule has 1 aromatic carbocycles. The molecule has 6 heteroatoms. The molecule has 0 radical (unpaired) electrons. The molecule has 0 fully saturated rings. The van der Waals surface area contributed by atoms with Crippen molar-refractivity contribution in [3.63, 3.8) is 0 Å². The normalized spacial score (nSPS) is 12.5. The standard InChI is InChI=1S/C20H26N2O4/c1-20(2,3)15-7-5-13(6-8-15)17(10-18(23)25-4)22-19(24)14-9-16(11-21)26-12-14/h5-9,12,17H,10-11,21H2,1-4H3,(H,22,24). The number of methoxy groups -OCH3 is 1. The van der Waals surface area contributed by atoms with E-state index in [-0.39, 0.29) is 24.3 Å². The number of amides is 1. The van der Waals surface area contributed by atoms with Gasteiger partial charge in [0.25, 0.3) is 5.91 Å². The lowest BCUT2D eigenvalue weighted by Crippen LogP contribution is -2.30. The molecule has 0 aliphatic rings. The van der Waals surface area contributed by atoms with Crippen LogP contribution in [-0.2, 0) is 21.5 Å². The van der Waals surface area contributed by atoms with Crippen LogP contribution < -0.4 is 11.1 Å². The molecule has 6 nitrogen and oxygen atoms in total. The van der Waals surface area contributed by atoms with Gasteiger partial charge in [0, 0.05) is 0 Å². The topological polar surface area (TPSA) is 94.6 Å². The minimum absolute atomic E-state index is 0.0229. The SMILES string of the molecule is COC(=O)CC(NC(=O)c1coc(CN)c1)c1ccc(C(C)(C)C)cc1. The van der Waals surface area contributed by atoms with Crippen molar-refractivity contribution in [3.05, 3.63) is 59.0 Å². The second-order valence-electron chi connectivity index (χ2n) is 7.18. The minimum Gasteiger partial charge on any atom is -0.469 e. The van der Waals surface area contributed by atoms with Gasteiger partial charge in [0.05, 0.1) is 31.7 Å². The van der Waals surface area contributed by atoms with Crippen LogP contribution in [0.2, 0.25) is 0 Å². The Morgan fingerprint density at radius 2 is 1.88 bits per heavy atom. The summed E-state index contributed by atoms with van der Waals surface area (Å²) in [4.78, 5) is 24.3. The Balaban J connectivity index is 2.22. The molecule has 0 aliphatic carbocycles. The molecule has 0 spiro atoms. The highest BCUT2D eigenvalue weighted by molar-refractivity contribution is 5.94. The molecule has 3 N–H and O–H groups in total. The first-order valence-corrected chi connectivity index (χ1v) is 8.50. The van der Waals surface area contributed by atoms with Crippen molar-refractivity contribution in [3.8, 4) is 0 Å². The first-order chi connectivity index (χ1) is 12.2. The predicted octanol–water partition coefficient (Wildman–Crippen LogP) is 3.07. The van der Waals surface area contributed by atoms with Gasteiger partial charge in [-0.1, -0.05) is 45.0 Å². The van der Waals surface area contributed by atoms with E-state index in [0.717, 1.165) is 5.56 Å². The van der Waals surface area contributed by atoms with Crippen LogP contribution in [0.15, 0.2) is 41.0 Å². The average Bonchev–Trinajstić information content (AvgIpc) is 3.09. The lowest BCUT2D eigenvalue weighted by atomic mass is 9.86. The number of benzene rings is 1. The third-order valence-corrected chi connectivity index (χ3v) is 4.20. The molecule has 0 aliphatic heterocycles. The van der Waals surface area contributed by atoms with Crippen LogP contribution in [0.25, 0.3) is 0 Å². The monoisotopic (exact) mass is 358 g/mol. The van der Waals surface area contributed by atoms with Crippen molar-refractivity contribution in [2.75, 3.05) is 7.11 Å². The largest absolute Gasteiger partial charge is 0.469 e. The van der Waals surface area contributed by atoms with Gasteiger partial charge in [0.2, 0.25) is 0 Å². The predicted molar refractivity (Wildman–Crippen MR) is 98.6 cm³/mol. The number of rotatable bonds is 6. The number of furan rings is 1. The van der Waals surface area contributed by atoms with E-state index in [4.69, 9.17) is 14.9 Å². The summed E-state index contributed by atoms with van der Waals surface area (Å²) >= 11 is 0. The quantitative estimate of drug-likeness (QED) is 0.774. The summed E-state index contributed by atoms with van der Waals surface area (Å²) in [5.74, 6) is -0.207. The van der Waals surface area contributed by atoms with E-state index >= 15 is 0 Å². The van der Waals surface area contributed by atoms with Crippen molar-refractivity contribution in [1.82, 2.24) is 5.32 Å². The second-order valence-corrected chi connectivity index (χ2v) is 7.18. The summed E-state index contributed by atoms with van der Waals surface area (Å²) < 4.78 is 9.96. The molecule has 1 aromatic heterocycles. The lowest BCUT2D eigenvalue weighted by Gasteiger charge is -2.22. The maximum atomic E-state index is 12.5. The lowest BCUT2D eigenvalue weighted by molar-refractivity contribution is -0.141. The highest BCUT2D eigenvalue weighted by Crippen LogP contribution is 2.25. The van der Waals surface area contributed by atoms with Crippen LogP contribution in [-0.4, -0.2) is 19.0 Å². The van der Waals surface area contributed by atoms with Gasteiger partial charge in [-0.3, -0.25) is 9.59 Å². The average molecular weight is 358 g/mol. The van der Waals surface area contributed by atoms with Crippen molar-refractivity contribution in [2.45, 2.75) is 45.2 Å². The Morgan fingerprint density at radius 3 is 2.38 bits per heavy atom. The van der Waals surface area contributed by atoms with E-state index in [0.29, 0.717) is 11.3 Å². The Kier molecular flexibility index (Phi) is 6.21. The van der Waals surface area contributed by atoms with E-state index in [1.165, 1.54) is 18.9 Å². The molecule has 1 unspecified atom stereocenters. The Bertz CT molecular complexity index is 757. The maximum absolute atomic E-state index is 12.5. The van der Waals surface area contributed by atoms with Gasteiger partial charge >= 0.3 is 5.97 Å². The zero-order valence-corrected chi connectivity index (χ0v) is 15.7. The number of hydrogen-bond donors (Lipinski definition) is 2. The van der Waals surface area contributed by atoms with Gasteiger partial charge in [0.15, 0.2) is 0 Å². The molecule has 140 valence electrons. The summed E-state index contributed by atoms with van der Waals surface area (Å²) in [5.41, 5.74) is 7.90. The second kappa shape index (κ2) is 8.19. The van der Waals surface area contributed by atoms with E-state index in [2.05, 4.69) is 26.1 Å². The summed E-state index contributed by atoms with van der Waals surface area (Å²) in [6, 6.07) is 8.96. The fourth-order valence-electron chi connectivity index (χ4n) is 2.57. The van der Waals surface area contributed by atoms with Crippen LogP contribution in [0.5, 0.6) is 0 Å². The summed E-state index contributed by atoms with van der Waals surface area (Å²) in [7, 11) is 1.33. The molecule has 0 bridgehead atoms. The molecule has 0 saturated carbocycles. The number of carbonyl (C=O) groups excluding carboxylic acids is 2. The molecule has 2 rings (SSSR count). The van der Waals surface area contributed by atoms with Gasteiger partial charge in [-0.25, -0.2) is 0 Å². The van der Waals surface area contributed by atoms with Crippen molar-refractivity contribution in [1.29, 1.82) is 0 Å². The summed E-state index contributed by atoms with van der Waals surface area (Å²) in [6.07, 6.45) is 1.40. The number of nitrogens with two attached hydrogens (primary N) is 1. The molecule has 26 heavy (non-hydrogen) atoms. The number of ether oxygens (including phenoxy) is 1. The molecule has 1 amide bonds. The zero-order chi connectivity index (χ0) is 19.3. The van der Waals surface area contributed by atoms with Gasteiger partial charge < -0.3 is 20.2 Å². The highest BCUT2D eigenvalue weighted by atomic mass is 16.5. The van der Waals surface area contributed by atoms with Crippen molar-refractivity contribution in [2.24, 2.45) is 5.73 Å². The molecule has 1 atom stereocenters. The molecule has 0 saturated heterocycles. The third kappa shape index (κ3) is 4.95. The van der Waals surface area contributed by atoms with Crippen LogP contribution in [0.1, 0.15) is 60.5 Å². The highest BCUT2D eigenvalue weighted by Gasteiger charge is 2.22. The van der Waals surface area contributed by atoms with Crippen LogP contribution >= 0.6 is 0 Å². The van der Waals surface area contributed by atoms with Crippen LogP contribution in [0.4, 0.5) is 0 Å². The smallest absolute Gasteiger partial charge is 0.307 e. The van der Waals surface area contributed by atoms with Crippen molar-refractivity contribution >= 4 is 11.9 Å². The van der Waals surface area contributed by atoms with Gasteiger partial charge in [0.1, 0.15) is 12.0 Å².